The number of amidine groups is 1. The number of Topliss-reactive ketones (excluding diaryl/α,β-unsaturated/α-hetero) is 1. The number of aromatic hydroxyl groups is 1. The second kappa shape index (κ2) is 8.32. The molecule has 0 bridgehead atoms. The van der Waals surface area contributed by atoms with E-state index in [2.05, 4.69) is 4.98 Å². The molecule has 0 saturated heterocycles. The Bertz CT molecular complexity index is 1040. The van der Waals surface area contributed by atoms with Crippen molar-refractivity contribution in [1.82, 2.24) is 9.88 Å². The van der Waals surface area contributed by atoms with E-state index in [1.54, 1.807) is 24.1 Å². The average molecular weight is 438 g/mol. The zero-order valence-electron chi connectivity index (χ0n) is 20.5. The van der Waals surface area contributed by atoms with Crippen LogP contribution in [0.4, 0.5) is 0 Å². The van der Waals surface area contributed by atoms with Crippen LogP contribution < -0.4 is 0 Å². The molecule has 0 amide bonds. The third-order valence-corrected chi connectivity index (χ3v) is 5.98. The molecule has 0 atom stereocenters. The number of ketones is 1. The van der Waals surface area contributed by atoms with E-state index >= 15 is 0 Å². The summed E-state index contributed by atoms with van der Waals surface area (Å²) >= 11 is 0. The minimum absolute atomic E-state index is 0.0765. The summed E-state index contributed by atoms with van der Waals surface area (Å²) in [5.41, 5.74) is 4.87. The van der Waals surface area contributed by atoms with Crippen LogP contribution in [0, 0.1) is 12.3 Å². The third kappa shape index (κ3) is 4.56. The predicted molar refractivity (Wildman–Crippen MR) is 127 cm³/mol. The van der Waals surface area contributed by atoms with Gasteiger partial charge in [-0.2, -0.15) is 0 Å². The summed E-state index contributed by atoms with van der Waals surface area (Å²) in [5.74, 6) is 0.451. The van der Waals surface area contributed by atoms with Gasteiger partial charge in [0.2, 0.25) is 0 Å². The smallest absolute Gasteiger partial charge is 0.182 e. The number of benzene rings is 1. The summed E-state index contributed by atoms with van der Waals surface area (Å²) in [4.78, 5) is 19.7. The number of pyridine rings is 1. The van der Waals surface area contributed by atoms with E-state index in [1.165, 1.54) is 0 Å². The molecule has 0 unspecified atom stereocenters. The van der Waals surface area contributed by atoms with Crippen molar-refractivity contribution in [1.29, 1.82) is 5.41 Å². The van der Waals surface area contributed by atoms with Gasteiger partial charge in [0.1, 0.15) is 17.3 Å². The van der Waals surface area contributed by atoms with Crippen LogP contribution in [0.1, 0.15) is 85.5 Å². The molecule has 0 fully saturated rings. The van der Waals surface area contributed by atoms with Crippen LogP contribution in [-0.4, -0.2) is 40.3 Å². The molecule has 0 saturated carbocycles. The van der Waals surface area contributed by atoms with Crippen LogP contribution in [0.3, 0.4) is 0 Å². The molecule has 6 heteroatoms. The van der Waals surface area contributed by atoms with Gasteiger partial charge in [-0.1, -0.05) is 41.5 Å². The second-order valence-corrected chi connectivity index (χ2v) is 10.7. The molecule has 2 heterocycles. The number of aryl methyl sites for hydroxylation is 1. The summed E-state index contributed by atoms with van der Waals surface area (Å²) in [5, 5.41) is 19.5. The summed E-state index contributed by atoms with van der Waals surface area (Å²) in [7, 11) is 1.65. The number of carbonyl (C=O) groups excluding carboxylic acids is 1. The number of ether oxygens (including phenoxy) is 1. The van der Waals surface area contributed by atoms with Gasteiger partial charge in [0.05, 0.1) is 13.2 Å². The van der Waals surface area contributed by atoms with Gasteiger partial charge in [-0.15, -0.1) is 0 Å². The van der Waals surface area contributed by atoms with Crippen LogP contribution in [-0.2, 0) is 28.7 Å². The first-order valence-electron chi connectivity index (χ1n) is 11.0. The first-order chi connectivity index (χ1) is 14.7. The lowest BCUT2D eigenvalue weighted by molar-refractivity contribution is 0.0962. The maximum atomic E-state index is 13.3. The highest BCUT2D eigenvalue weighted by molar-refractivity contribution is 6.04. The number of nitrogens with one attached hydrogen (secondary N) is 1. The summed E-state index contributed by atoms with van der Waals surface area (Å²) in [6.45, 7) is 15.1. The van der Waals surface area contributed by atoms with Gasteiger partial charge in [0.15, 0.2) is 5.78 Å². The van der Waals surface area contributed by atoms with E-state index in [0.29, 0.717) is 24.4 Å². The van der Waals surface area contributed by atoms with Crippen LogP contribution in [0.25, 0.3) is 0 Å². The highest BCUT2D eigenvalue weighted by Gasteiger charge is 2.31. The minimum atomic E-state index is -0.309. The Hall–Kier alpha value is -2.73. The molecular weight excluding hydrogens is 402 g/mol. The number of phenols is 1. The third-order valence-electron chi connectivity index (χ3n) is 5.98. The Morgan fingerprint density at radius 2 is 1.69 bits per heavy atom. The monoisotopic (exact) mass is 437 g/mol. The molecule has 1 aromatic heterocycles. The Morgan fingerprint density at radius 3 is 2.19 bits per heavy atom. The molecular formula is C26H35N3O3. The predicted octanol–water partition coefficient (Wildman–Crippen LogP) is 4.86. The number of nitrogens with zero attached hydrogens (tertiary/aromatic N) is 2. The Labute approximate surface area is 191 Å². The van der Waals surface area contributed by atoms with Crippen LogP contribution in [0.15, 0.2) is 18.2 Å². The molecule has 6 nitrogen and oxygen atoms in total. The van der Waals surface area contributed by atoms with Gasteiger partial charge in [0.25, 0.3) is 0 Å². The molecule has 0 radical (unpaired) electrons. The van der Waals surface area contributed by atoms with Gasteiger partial charge in [0, 0.05) is 41.6 Å². The Morgan fingerprint density at radius 1 is 1.12 bits per heavy atom. The number of hydrogen-bond acceptors (Lipinski definition) is 5. The largest absolute Gasteiger partial charge is 0.507 e. The van der Waals surface area contributed by atoms with E-state index in [-0.39, 0.29) is 34.7 Å². The van der Waals surface area contributed by atoms with Gasteiger partial charge >= 0.3 is 0 Å². The first-order valence-corrected chi connectivity index (χ1v) is 11.0. The zero-order valence-corrected chi connectivity index (χ0v) is 20.5. The fourth-order valence-corrected chi connectivity index (χ4v) is 4.09. The topological polar surface area (TPSA) is 86.5 Å². The average Bonchev–Trinajstić information content (AvgIpc) is 2.95. The molecule has 1 aliphatic rings. The van der Waals surface area contributed by atoms with Crippen molar-refractivity contribution in [3.8, 4) is 5.75 Å². The summed E-state index contributed by atoms with van der Waals surface area (Å²) in [6.07, 6.45) is 0. The summed E-state index contributed by atoms with van der Waals surface area (Å²) in [6, 6.07) is 5.63. The van der Waals surface area contributed by atoms with Crippen LogP contribution in [0.2, 0.25) is 0 Å². The van der Waals surface area contributed by atoms with Crippen molar-refractivity contribution in [2.45, 2.75) is 72.4 Å². The van der Waals surface area contributed by atoms with Crippen LogP contribution in [0.5, 0.6) is 5.75 Å². The lowest BCUT2D eigenvalue weighted by Gasteiger charge is -2.28. The fraction of sp³-hybridized carbons (Fsp3) is 0.500. The number of methoxy groups -OCH3 is 1. The van der Waals surface area contributed by atoms with E-state index < -0.39 is 0 Å². The summed E-state index contributed by atoms with van der Waals surface area (Å²) < 4.78 is 5.25. The minimum Gasteiger partial charge on any atom is -0.507 e. The maximum Gasteiger partial charge on any atom is 0.182 e. The number of carbonyl (C=O) groups is 1. The zero-order chi connectivity index (χ0) is 24.0. The fourth-order valence-electron chi connectivity index (χ4n) is 4.09. The number of phenolic OH excluding ortho intramolecular Hbond substituents is 1. The second-order valence-electron chi connectivity index (χ2n) is 10.7. The van der Waals surface area contributed by atoms with E-state index in [1.807, 2.05) is 54.5 Å². The normalized spacial score (nSPS) is 14.1. The molecule has 1 aromatic carbocycles. The highest BCUT2D eigenvalue weighted by atomic mass is 16.5. The van der Waals surface area contributed by atoms with Gasteiger partial charge in [-0.05, 0) is 41.5 Å². The first kappa shape index (κ1) is 23.9. The van der Waals surface area contributed by atoms with Gasteiger partial charge in [-0.25, -0.2) is 4.98 Å². The number of rotatable bonds is 5. The lowest BCUT2D eigenvalue weighted by Crippen LogP contribution is -2.31. The van der Waals surface area contributed by atoms with Crippen molar-refractivity contribution in [2.24, 2.45) is 0 Å². The maximum absolute atomic E-state index is 13.3. The Balaban J connectivity index is 1.93. The van der Waals surface area contributed by atoms with Crippen molar-refractivity contribution in [3.05, 3.63) is 57.4 Å². The van der Waals surface area contributed by atoms with E-state index in [4.69, 9.17) is 10.1 Å². The van der Waals surface area contributed by atoms with E-state index in [0.717, 1.165) is 27.9 Å². The van der Waals surface area contributed by atoms with Crippen molar-refractivity contribution < 1.29 is 14.6 Å². The molecule has 0 aliphatic carbocycles. The van der Waals surface area contributed by atoms with Crippen molar-refractivity contribution in [2.75, 3.05) is 13.7 Å². The number of fused-ring (bicyclic) bond motifs is 1. The number of aromatic nitrogens is 1. The van der Waals surface area contributed by atoms with Crippen LogP contribution >= 0.6 is 0 Å². The highest BCUT2D eigenvalue weighted by Crippen LogP contribution is 2.40. The SMILES string of the molecule is COCc1cc2c(nc1C)C(=N)N(CC(=O)c1cc(C(C)(C)C)c(O)c(C(C)(C)C)c1)C2. The molecule has 32 heavy (non-hydrogen) atoms. The van der Waals surface area contributed by atoms with Gasteiger partial charge < -0.3 is 14.7 Å². The lowest BCUT2D eigenvalue weighted by atomic mass is 9.78. The van der Waals surface area contributed by atoms with E-state index in [9.17, 15) is 9.90 Å². The standard InChI is InChI=1S/C26H35N3O3/c1-15-18(14-32-8)9-17-12-29(24(27)22(17)28-15)13-21(30)16-10-19(25(2,3)4)23(31)20(11-16)26(5,6)7/h9-11,27,31H,12-14H2,1-8H3. The van der Waals surface area contributed by atoms with Gasteiger partial charge in [-0.3, -0.25) is 10.2 Å². The Kier molecular flexibility index (Phi) is 6.22. The molecule has 1 aliphatic heterocycles. The quantitative estimate of drug-likeness (QED) is 0.652. The molecule has 2 N–H and O–H groups in total. The molecule has 2 aromatic rings. The molecule has 3 rings (SSSR count). The van der Waals surface area contributed by atoms with Crippen molar-refractivity contribution in [3.63, 3.8) is 0 Å². The molecule has 0 spiro atoms. The molecule has 172 valence electrons. The van der Waals surface area contributed by atoms with Crippen molar-refractivity contribution >= 4 is 11.6 Å². The number of hydrogen-bond donors (Lipinski definition) is 2.